The van der Waals surface area contributed by atoms with Gasteiger partial charge in [0.1, 0.15) is 5.60 Å². The fourth-order valence-corrected chi connectivity index (χ4v) is 4.47. The molecule has 2 nitrogen and oxygen atoms in total. The van der Waals surface area contributed by atoms with Crippen molar-refractivity contribution in [2.75, 3.05) is 0 Å². The minimum absolute atomic E-state index is 0.0491. The van der Waals surface area contributed by atoms with Crippen LogP contribution in [0.4, 0.5) is 0 Å². The number of benzene rings is 2. The minimum Gasteiger partial charge on any atom is -0.357 e. The van der Waals surface area contributed by atoms with E-state index < -0.39 is 11.2 Å². The van der Waals surface area contributed by atoms with E-state index in [-0.39, 0.29) is 5.78 Å². The molecule has 0 bridgehead atoms. The molecule has 0 amide bonds. The molecular weight excluding hydrogens is 380 g/mol. The van der Waals surface area contributed by atoms with Crippen molar-refractivity contribution in [3.63, 3.8) is 0 Å². The number of aryl methyl sites for hydroxylation is 2. The third kappa shape index (κ3) is 3.93. The molecular formula is C26H31ClO2. The zero-order valence-electron chi connectivity index (χ0n) is 18.6. The maximum atomic E-state index is 13.4. The Morgan fingerprint density at radius 2 is 1.52 bits per heavy atom. The Balaban J connectivity index is 2.27. The van der Waals surface area contributed by atoms with Crippen LogP contribution in [-0.2, 0) is 22.4 Å². The maximum Gasteiger partial charge on any atom is 0.194 e. The van der Waals surface area contributed by atoms with E-state index in [1.165, 1.54) is 11.1 Å². The molecule has 3 rings (SSSR count). The SMILES string of the molecule is CCc1ccc(-c2ccc(Cl)cc2CC)cc1C1=C(C)C(C)(C)OC(C)(C)C1=O. The van der Waals surface area contributed by atoms with Crippen molar-refractivity contribution in [1.82, 2.24) is 0 Å². The largest absolute Gasteiger partial charge is 0.357 e. The maximum absolute atomic E-state index is 13.4. The molecule has 2 aromatic carbocycles. The average molecular weight is 411 g/mol. The van der Waals surface area contributed by atoms with Crippen molar-refractivity contribution in [1.29, 1.82) is 0 Å². The van der Waals surface area contributed by atoms with Crippen LogP contribution in [0.1, 0.15) is 65.2 Å². The molecule has 2 aromatic rings. The lowest BCUT2D eigenvalue weighted by Gasteiger charge is -2.42. The summed E-state index contributed by atoms with van der Waals surface area (Å²) >= 11 is 6.22. The summed E-state index contributed by atoms with van der Waals surface area (Å²) in [4.78, 5) is 13.4. The van der Waals surface area contributed by atoms with Crippen molar-refractivity contribution in [3.05, 3.63) is 63.7 Å². The molecule has 1 aliphatic heterocycles. The minimum atomic E-state index is -0.853. The van der Waals surface area contributed by atoms with Crippen LogP contribution in [0.2, 0.25) is 5.02 Å². The number of hydrogen-bond donors (Lipinski definition) is 0. The molecule has 0 radical (unpaired) electrons. The van der Waals surface area contributed by atoms with Gasteiger partial charge in [0, 0.05) is 10.6 Å². The van der Waals surface area contributed by atoms with E-state index in [0.29, 0.717) is 0 Å². The molecule has 0 aliphatic carbocycles. The van der Waals surface area contributed by atoms with Crippen LogP contribution in [0.15, 0.2) is 42.0 Å². The molecule has 0 atom stereocenters. The number of rotatable bonds is 4. The summed E-state index contributed by atoms with van der Waals surface area (Å²) < 4.78 is 6.15. The first kappa shape index (κ1) is 21.8. The lowest BCUT2D eigenvalue weighted by Crippen LogP contribution is -2.49. The van der Waals surface area contributed by atoms with E-state index in [4.69, 9.17) is 16.3 Å². The second-order valence-electron chi connectivity index (χ2n) is 8.83. The molecule has 0 fully saturated rings. The predicted molar refractivity (Wildman–Crippen MR) is 122 cm³/mol. The summed E-state index contributed by atoms with van der Waals surface area (Å²) in [6, 6.07) is 12.5. The molecule has 1 aliphatic rings. The lowest BCUT2D eigenvalue weighted by molar-refractivity contribution is -0.152. The van der Waals surface area contributed by atoms with E-state index in [9.17, 15) is 4.79 Å². The highest BCUT2D eigenvalue weighted by Gasteiger charge is 2.45. The van der Waals surface area contributed by atoms with Gasteiger partial charge < -0.3 is 4.74 Å². The van der Waals surface area contributed by atoms with Gasteiger partial charge in [-0.2, -0.15) is 0 Å². The van der Waals surface area contributed by atoms with Crippen LogP contribution in [0.25, 0.3) is 16.7 Å². The predicted octanol–water partition coefficient (Wildman–Crippen LogP) is 7.06. The smallest absolute Gasteiger partial charge is 0.194 e. The first-order valence-electron chi connectivity index (χ1n) is 10.4. The van der Waals surface area contributed by atoms with Gasteiger partial charge in [0.15, 0.2) is 5.78 Å². The van der Waals surface area contributed by atoms with E-state index in [0.717, 1.165) is 45.7 Å². The number of Topliss-reactive ketones (excluding diaryl/α,β-unsaturated/α-hetero) is 1. The van der Waals surface area contributed by atoms with Gasteiger partial charge in [-0.25, -0.2) is 0 Å². The lowest BCUT2D eigenvalue weighted by atomic mass is 9.77. The third-order valence-electron chi connectivity index (χ3n) is 6.08. The van der Waals surface area contributed by atoms with E-state index >= 15 is 0 Å². The van der Waals surface area contributed by atoms with Gasteiger partial charge in [0.25, 0.3) is 0 Å². The second-order valence-corrected chi connectivity index (χ2v) is 9.27. The standard InChI is InChI=1S/C26H31ClO2/c1-8-17-10-11-19(21-13-12-20(27)14-18(21)9-2)15-22(17)23-16(3)25(4,5)29-26(6,7)24(23)28/h10-15H,8-9H2,1-7H3. The zero-order valence-corrected chi connectivity index (χ0v) is 19.3. The van der Waals surface area contributed by atoms with Gasteiger partial charge in [-0.05, 0) is 99.0 Å². The van der Waals surface area contributed by atoms with Crippen LogP contribution in [0.5, 0.6) is 0 Å². The molecule has 29 heavy (non-hydrogen) atoms. The van der Waals surface area contributed by atoms with Crippen LogP contribution in [0.3, 0.4) is 0 Å². The van der Waals surface area contributed by atoms with Gasteiger partial charge in [-0.3, -0.25) is 4.79 Å². The monoisotopic (exact) mass is 410 g/mol. The van der Waals surface area contributed by atoms with Crippen molar-refractivity contribution < 1.29 is 9.53 Å². The third-order valence-corrected chi connectivity index (χ3v) is 6.32. The summed E-state index contributed by atoms with van der Waals surface area (Å²) in [5, 5.41) is 0.748. The van der Waals surface area contributed by atoms with Crippen molar-refractivity contribution >= 4 is 23.0 Å². The zero-order chi connectivity index (χ0) is 21.6. The molecule has 0 N–H and O–H groups in total. The Labute approximate surface area is 179 Å². The molecule has 3 heteroatoms. The fourth-order valence-electron chi connectivity index (χ4n) is 4.28. The van der Waals surface area contributed by atoms with Gasteiger partial charge in [0.05, 0.1) is 5.60 Å². The van der Waals surface area contributed by atoms with E-state index in [2.05, 4.69) is 38.1 Å². The summed E-state index contributed by atoms with van der Waals surface area (Å²) in [5.41, 5.74) is 6.12. The Morgan fingerprint density at radius 1 is 0.862 bits per heavy atom. The average Bonchev–Trinajstić information content (AvgIpc) is 2.66. The number of halogens is 1. The highest BCUT2D eigenvalue weighted by atomic mass is 35.5. The number of hydrogen-bond acceptors (Lipinski definition) is 2. The quantitative estimate of drug-likeness (QED) is 0.539. The summed E-state index contributed by atoms with van der Waals surface area (Å²) in [7, 11) is 0. The number of ketones is 1. The van der Waals surface area contributed by atoms with Crippen molar-refractivity contribution in [3.8, 4) is 11.1 Å². The van der Waals surface area contributed by atoms with Crippen LogP contribution < -0.4 is 0 Å². The molecule has 154 valence electrons. The van der Waals surface area contributed by atoms with Crippen molar-refractivity contribution in [2.45, 2.75) is 72.5 Å². The fraction of sp³-hybridized carbons (Fsp3) is 0.423. The molecule has 0 aromatic heterocycles. The summed E-state index contributed by atoms with van der Waals surface area (Å²) in [6.07, 6.45) is 1.76. The Hall–Kier alpha value is -1.90. The highest BCUT2D eigenvalue weighted by Crippen LogP contribution is 2.42. The Morgan fingerprint density at radius 3 is 2.14 bits per heavy atom. The van der Waals surface area contributed by atoms with Crippen LogP contribution in [-0.4, -0.2) is 17.0 Å². The number of ether oxygens (including phenoxy) is 1. The van der Waals surface area contributed by atoms with Crippen LogP contribution >= 0.6 is 11.6 Å². The summed E-state index contributed by atoms with van der Waals surface area (Å²) in [6.45, 7) is 14.1. The summed E-state index contributed by atoms with van der Waals surface area (Å²) in [5.74, 6) is 0.0491. The van der Waals surface area contributed by atoms with Gasteiger partial charge in [0.2, 0.25) is 0 Å². The molecule has 0 spiro atoms. The first-order chi connectivity index (χ1) is 13.5. The molecule has 0 saturated carbocycles. The highest BCUT2D eigenvalue weighted by molar-refractivity contribution is 6.30. The number of carbonyl (C=O) groups excluding carboxylic acids is 1. The van der Waals surface area contributed by atoms with Gasteiger partial charge >= 0.3 is 0 Å². The van der Waals surface area contributed by atoms with Gasteiger partial charge in [-0.1, -0.05) is 43.6 Å². The Bertz CT molecular complexity index is 996. The number of carbonyl (C=O) groups is 1. The van der Waals surface area contributed by atoms with Crippen LogP contribution in [0, 0.1) is 0 Å². The normalized spacial score (nSPS) is 18.3. The van der Waals surface area contributed by atoms with Crippen molar-refractivity contribution in [2.24, 2.45) is 0 Å². The van der Waals surface area contributed by atoms with Gasteiger partial charge in [-0.15, -0.1) is 0 Å². The Kier molecular flexibility index (Phi) is 5.82. The molecule has 1 heterocycles. The molecule has 0 unspecified atom stereocenters. The van der Waals surface area contributed by atoms with E-state index in [1.54, 1.807) is 0 Å². The molecule has 0 saturated heterocycles. The van der Waals surface area contributed by atoms with E-state index in [1.807, 2.05) is 46.8 Å². The second kappa shape index (κ2) is 7.74. The first-order valence-corrected chi connectivity index (χ1v) is 10.8. The topological polar surface area (TPSA) is 26.3 Å².